The highest BCUT2D eigenvalue weighted by Crippen LogP contribution is 2.32. The van der Waals surface area contributed by atoms with Crippen LogP contribution in [0.2, 0.25) is 10.0 Å². The Bertz CT molecular complexity index is 2170. The summed E-state index contributed by atoms with van der Waals surface area (Å²) in [6.07, 6.45) is 5.11. The molecule has 4 aliphatic heterocycles. The van der Waals surface area contributed by atoms with Crippen molar-refractivity contribution in [3.8, 4) is 0 Å². The number of fused-ring (bicyclic) bond motifs is 2. The van der Waals surface area contributed by atoms with Crippen LogP contribution in [0, 0.1) is 23.5 Å². The van der Waals surface area contributed by atoms with Crippen LogP contribution < -0.4 is 5.32 Å². The number of nitrogens with zero attached hydrogens (tertiary/aromatic N) is 7. The number of pyridine rings is 2. The summed E-state index contributed by atoms with van der Waals surface area (Å²) in [6, 6.07) is 12.5. The fourth-order valence-electron chi connectivity index (χ4n) is 6.60. The molecule has 4 aromatic rings. The van der Waals surface area contributed by atoms with E-state index in [0.717, 1.165) is 83.7 Å². The fourth-order valence-corrected chi connectivity index (χ4v) is 7.00. The molecule has 2 saturated heterocycles. The Labute approximate surface area is 319 Å². The molecular formula is C38H36Cl2F2N8O4. The maximum Gasteiger partial charge on any atom is 0.158 e. The number of oxime groups is 2. The molecule has 4 aliphatic rings. The quantitative estimate of drug-likeness (QED) is 0.0900. The third kappa shape index (κ3) is 8.21. The van der Waals surface area contributed by atoms with E-state index in [1.165, 1.54) is 24.3 Å². The lowest BCUT2D eigenvalue weighted by molar-refractivity contribution is -0.0265. The average molecular weight is 778 g/mol. The van der Waals surface area contributed by atoms with Crippen molar-refractivity contribution < 1.29 is 29.0 Å². The molecule has 0 aliphatic carbocycles. The normalized spacial score (nSPS) is 17.6. The minimum Gasteiger partial charge on any atom is -0.411 e. The van der Waals surface area contributed by atoms with Gasteiger partial charge in [0.25, 0.3) is 0 Å². The largest absolute Gasteiger partial charge is 0.411 e. The third-order valence-corrected chi connectivity index (χ3v) is 10.2. The predicted molar refractivity (Wildman–Crippen MR) is 202 cm³/mol. The van der Waals surface area contributed by atoms with Gasteiger partial charge in [-0.05, 0) is 47.5 Å². The topological polar surface area (TPSA) is 160 Å². The lowest BCUT2D eigenvalue weighted by Gasteiger charge is -2.39. The maximum atomic E-state index is 13.4. The number of halogens is 4. The number of rotatable bonds is 9. The molecule has 2 aromatic carbocycles. The van der Waals surface area contributed by atoms with Crippen LogP contribution in [0.25, 0.3) is 0 Å². The van der Waals surface area contributed by atoms with Crippen molar-refractivity contribution in [2.45, 2.75) is 25.7 Å². The molecule has 0 unspecified atom stereocenters. The predicted octanol–water partition coefficient (Wildman–Crippen LogP) is 6.11. The van der Waals surface area contributed by atoms with Crippen molar-refractivity contribution in [2.75, 3.05) is 44.8 Å². The van der Waals surface area contributed by atoms with E-state index in [4.69, 9.17) is 27.9 Å². The van der Waals surface area contributed by atoms with Gasteiger partial charge in [0, 0.05) is 98.4 Å². The highest BCUT2D eigenvalue weighted by molar-refractivity contribution is 6.31. The Morgan fingerprint density at radius 1 is 0.833 bits per heavy atom. The van der Waals surface area contributed by atoms with Gasteiger partial charge in [-0.15, -0.1) is 0 Å². The minimum atomic E-state index is -0.485. The first-order chi connectivity index (χ1) is 26.2. The van der Waals surface area contributed by atoms with Gasteiger partial charge in [0.1, 0.15) is 29.1 Å². The number of nitrogens with one attached hydrogen (secondary N) is 1. The Morgan fingerprint density at radius 3 is 2.00 bits per heavy atom. The van der Waals surface area contributed by atoms with Gasteiger partial charge in [-0.2, -0.15) is 0 Å². The van der Waals surface area contributed by atoms with Crippen LogP contribution in [-0.2, 0) is 30.4 Å². The number of ether oxygens (including phenoxy) is 1. The Hall–Kier alpha value is -5.02. The zero-order chi connectivity index (χ0) is 37.8. The van der Waals surface area contributed by atoms with E-state index >= 15 is 0 Å². The summed E-state index contributed by atoms with van der Waals surface area (Å²) in [5.74, 6) is 2.91. The summed E-state index contributed by atoms with van der Waals surface area (Å²) in [4.78, 5) is 20.0. The van der Waals surface area contributed by atoms with Crippen LogP contribution in [-0.4, -0.2) is 92.9 Å². The van der Waals surface area contributed by atoms with Gasteiger partial charge in [-0.1, -0.05) is 45.6 Å². The lowest BCUT2D eigenvalue weighted by atomic mass is 9.96. The van der Waals surface area contributed by atoms with Crippen LogP contribution in [0.5, 0.6) is 0 Å². The number of hydrogen-bond acceptors (Lipinski definition) is 11. The smallest absolute Gasteiger partial charge is 0.158 e. The van der Waals surface area contributed by atoms with Crippen molar-refractivity contribution in [3.63, 3.8) is 0 Å². The molecule has 12 nitrogen and oxygen atoms in total. The number of aliphatic hydroxyl groups excluding tert-OH is 1. The first-order valence-corrected chi connectivity index (χ1v) is 18.1. The summed E-state index contributed by atoms with van der Waals surface area (Å²) in [6.45, 7) is 3.99. The standard InChI is InChI=1S/2C19H18ClFN4O2/c20-15-5-11(1-2-16(15)21)6-17(24-27)13-3-4-22-19-14(13)7-18(23-19)25-8-12(9-25)10-26;20-15-5-11(1-2-16(15)21)6-17(25-26)13-3-4-22-19-14(13)7-18(24-19)23-8-12-9-27-10-12/h1-5,12,26-27H,6-10H2;1-5,12,26H,6-10H2,(H,22,23,24)/b24-17+;25-17+. The van der Waals surface area contributed by atoms with Crippen LogP contribution in [0.1, 0.15) is 33.4 Å². The molecule has 16 heteroatoms. The molecule has 6 heterocycles. The van der Waals surface area contributed by atoms with Gasteiger partial charge in [0.15, 0.2) is 5.82 Å². The van der Waals surface area contributed by atoms with Gasteiger partial charge >= 0.3 is 0 Å². The Morgan fingerprint density at radius 2 is 1.44 bits per heavy atom. The number of amidine groups is 2. The van der Waals surface area contributed by atoms with Crippen molar-refractivity contribution in [3.05, 3.63) is 116 Å². The molecule has 4 N–H and O–H groups in total. The maximum absolute atomic E-state index is 13.4. The zero-order valence-electron chi connectivity index (χ0n) is 28.9. The Kier molecular flexibility index (Phi) is 11.4. The molecule has 0 spiro atoms. The summed E-state index contributed by atoms with van der Waals surface area (Å²) < 4.78 is 31.9. The molecular weight excluding hydrogens is 741 g/mol. The molecule has 0 bridgehead atoms. The summed E-state index contributed by atoms with van der Waals surface area (Å²) in [5.41, 5.74) is 5.80. The molecule has 54 heavy (non-hydrogen) atoms. The SMILES string of the molecule is O/N=C(\Cc1ccc(F)c(Cl)c1)c1ccnc2c1CC(=NCC1COC1)N2.OCC1CN(C2=Nc3nccc(/C(Cc4ccc(F)c(Cl)c4)=N/O)c3C2)C1. The van der Waals surface area contributed by atoms with E-state index in [2.05, 4.69) is 40.5 Å². The van der Waals surface area contributed by atoms with Crippen LogP contribution in [0.3, 0.4) is 0 Å². The second-order valence-corrected chi connectivity index (χ2v) is 14.3. The van der Waals surface area contributed by atoms with Crippen LogP contribution in [0.15, 0.2) is 81.2 Å². The van der Waals surface area contributed by atoms with Crippen LogP contribution in [0.4, 0.5) is 20.4 Å². The van der Waals surface area contributed by atoms with E-state index < -0.39 is 11.6 Å². The summed E-state index contributed by atoms with van der Waals surface area (Å²) in [7, 11) is 0. The van der Waals surface area contributed by atoms with Gasteiger partial charge in [0.05, 0.1) is 34.7 Å². The molecule has 2 aromatic heterocycles. The molecule has 0 radical (unpaired) electrons. The van der Waals surface area contributed by atoms with Gasteiger partial charge in [-0.3, -0.25) is 4.99 Å². The van der Waals surface area contributed by atoms with E-state index in [-0.39, 0.29) is 16.7 Å². The number of aliphatic imine (C=N–C) groups is 2. The summed E-state index contributed by atoms with van der Waals surface area (Å²) in [5, 5.41) is 38.6. The Balaban J connectivity index is 0.000000167. The molecule has 0 saturated carbocycles. The monoisotopic (exact) mass is 776 g/mol. The lowest BCUT2D eigenvalue weighted by Crippen LogP contribution is -2.51. The van der Waals surface area contributed by atoms with Crippen molar-refractivity contribution in [2.24, 2.45) is 32.1 Å². The van der Waals surface area contributed by atoms with Crippen molar-refractivity contribution in [1.29, 1.82) is 0 Å². The van der Waals surface area contributed by atoms with E-state index in [0.29, 0.717) is 54.8 Å². The van der Waals surface area contributed by atoms with Gasteiger partial charge < -0.3 is 30.5 Å². The second-order valence-electron chi connectivity index (χ2n) is 13.4. The number of likely N-dealkylation sites (tertiary alicyclic amines) is 1. The highest BCUT2D eigenvalue weighted by Gasteiger charge is 2.33. The first-order valence-electron chi connectivity index (χ1n) is 17.3. The van der Waals surface area contributed by atoms with Gasteiger partial charge in [0.2, 0.25) is 0 Å². The van der Waals surface area contributed by atoms with Crippen LogP contribution >= 0.6 is 23.2 Å². The minimum absolute atomic E-state index is 0.0339. The van der Waals surface area contributed by atoms with Crippen molar-refractivity contribution in [1.82, 2.24) is 14.9 Å². The van der Waals surface area contributed by atoms with Gasteiger partial charge in [-0.25, -0.2) is 23.7 Å². The first kappa shape index (κ1) is 37.3. The molecule has 0 amide bonds. The van der Waals surface area contributed by atoms with Crippen molar-refractivity contribution >= 4 is 57.9 Å². The van der Waals surface area contributed by atoms with E-state index in [9.17, 15) is 24.3 Å². The molecule has 280 valence electrons. The number of hydrogen-bond donors (Lipinski definition) is 4. The molecule has 2 fully saturated rings. The number of aliphatic hydroxyl groups is 1. The fraction of sp³-hybridized carbons (Fsp3) is 0.316. The summed E-state index contributed by atoms with van der Waals surface area (Å²) >= 11 is 11.7. The van der Waals surface area contributed by atoms with E-state index in [1.54, 1.807) is 30.6 Å². The van der Waals surface area contributed by atoms with E-state index in [1.807, 2.05) is 6.07 Å². The average Bonchev–Trinajstić information content (AvgIpc) is 3.76. The highest BCUT2D eigenvalue weighted by atomic mass is 35.5. The molecule has 0 atom stereocenters. The zero-order valence-corrected chi connectivity index (χ0v) is 30.4. The number of anilines is 1. The number of benzene rings is 2. The third-order valence-electron chi connectivity index (χ3n) is 9.67. The molecule has 8 rings (SSSR count). The number of aromatic nitrogens is 2. The second kappa shape index (κ2) is 16.6.